The third-order valence-electron chi connectivity index (χ3n) is 2.22. The molecule has 0 aliphatic heterocycles. The van der Waals surface area contributed by atoms with Crippen molar-refractivity contribution in [3.05, 3.63) is 28.0 Å². The molecular formula is C11H13ClFNO2. The molecule has 5 heteroatoms. The lowest BCUT2D eigenvalue weighted by atomic mass is 10.0. The van der Waals surface area contributed by atoms with E-state index in [0.29, 0.717) is 5.56 Å². The van der Waals surface area contributed by atoms with E-state index in [1.807, 2.05) is 0 Å². The van der Waals surface area contributed by atoms with Gasteiger partial charge in [-0.3, -0.25) is 4.79 Å². The number of methoxy groups -OCH3 is 1. The lowest BCUT2D eigenvalue weighted by Crippen LogP contribution is -2.11. The van der Waals surface area contributed by atoms with Gasteiger partial charge in [0.15, 0.2) is 17.3 Å². The van der Waals surface area contributed by atoms with Gasteiger partial charge in [0.25, 0.3) is 0 Å². The number of carbonyl (C=O) groups excluding carboxylic acids is 1. The van der Waals surface area contributed by atoms with E-state index in [9.17, 15) is 9.18 Å². The van der Waals surface area contributed by atoms with Crippen molar-refractivity contribution in [1.82, 2.24) is 0 Å². The fourth-order valence-electron chi connectivity index (χ4n) is 1.39. The molecule has 0 saturated heterocycles. The molecule has 0 aliphatic rings. The zero-order valence-electron chi connectivity index (χ0n) is 9.14. The smallest absolute Gasteiger partial charge is 0.177 e. The minimum Gasteiger partial charge on any atom is -0.492 e. The van der Waals surface area contributed by atoms with Gasteiger partial charge in [-0.05, 0) is 25.1 Å². The van der Waals surface area contributed by atoms with Crippen LogP contribution in [0.1, 0.15) is 22.3 Å². The van der Waals surface area contributed by atoms with Crippen molar-refractivity contribution in [2.45, 2.75) is 13.3 Å². The summed E-state index contributed by atoms with van der Waals surface area (Å²) < 4.78 is 18.7. The second-order valence-electron chi connectivity index (χ2n) is 3.36. The Morgan fingerprint density at radius 3 is 2.75 bits per heavy atom. The van der Waals surface area contributed by atoms with Gasteiger partial charge in [-0.25, -0.2) is 4.39 Å². The second-order valence-corrected chi connectivity index (χ2v) is 3.74. The van der Waals surface area contributed by atoms with Crippen molar-refractivity contribution < 1.29 is 13.9 Å². The molecule has 0 saturated carbocycles. The highest BCUT2D eigenvalue weighted by molar-refractivity contribution is 6.33. The Bertz CT molecular complexity index is 421. The first-order chi connectivity index (χ1) is 7.52. The Balaban J connectivity index is 3.31. The van der Waals surface area contributed by atoms with Crippen LogP contribution in [0.15, 0.2) is 6.07 Å². The zero-order valence-corrected chi connectivity index (χ0v) is 9.90. The lowest BCUT2D eigenvalue weighted by molar-refractivity contribution is 0.0980. The number of halogens is 2. The summed E-state index contributed by atoms with van der Waals surface area (Å²) in [5, 5.41) is 0.185. The normalized spacial score (nSPS) is 10.3. The first-order valence-electron chi connectivity index (χ1n) is 4.78. The highest BCUT2D eigenvalue weighted by Crippen LogP contribution is 2.33. The van der Waals surface area contributed by atoms with Crippen LogP contribution in [0.25, 0.3) is 0 Å². The van der Waals surface area contributed by atoms with Gasteiger partial charge in [-0.1, -0.05) is 11.6 Å². The minimum atomic E-state index is -0.725. The summed E-state index contributed by atoms with van der Waals surface area (Å²) in [5.41, 5.74) is 5.83. The van der Waals surface area contributed by atoms with Crippen molar-refractivity contribution in [2.24, 2.45) is 5.73 Å². The van der Waals surface area contributed by atoms with Gasteiger partial charge < -0.3 is 10.5 Å². The maximum atomic E-state index is 13.8. The standard InChI is InChI=1S/C11H13ClFNO2/c1-6-5-7(8(15)3-4-14)10(13)11(16-2)9(6)12/h5H,3-4,14H2,1-2H3. The monoisotopic (exact) mass is 245 g/mol. The summed E-state index contributed by atoms with van der Waals surface area (Å²) in [5.74, 6) is -1.17. The Morgan fingerprint density at radius 2 is 2.25 bits per heavy atom. The first-order valence-corrected chi connectivity index (χ1v) is 5.16. The number of ketones is 1. The molecular weight excluding hydrogens is 233 g/mol. The third-order valence-corrected chi connectivity index (χ3v) is 2.69. The topological polar surface area (TPSA) is 52.3 Å². The number of hydrogen-bond acceptors (Lipinski definition) is 3. The van der Waals surface area contributed by atoms with E-state index in [0.717, 1.165) is 0 Å². The van der Waals surface area contributed by atoms with Crippen LogP contribution in [0, 0.1) is 12.7 Å². The SMILES string of the molecule is COc1c(F)c(C(=O)CCN)cc(C)c1Cl. The molecule has 1 rings (SSSR count). The van der Waals surface area contributed by atoms with Gasteiger partial charge >= 0.3 is 0 Å². The molecule has 0 amide bonds. The van der Waals surface area contributed by atoms with Crippen molar-refractivity contribution in [1.29, 1.82) is 0 Å². The molecule has 2 N–H and O–H groups in total. The van der Waals surface area contributed by atoms with Crippen LogP contribution >= 0.6 is 11.6 Å². The summed E-state index contributed by atoms with van der Waals surface area (Å²) in [4.78, 5) is 11.6. The molecule has 0 unspecified atom stereocenters. The van der Waals surface area contributed by atoms with E-state index < -0.39 is 5.82 Å². The molecule has 3 nitrogen and oxygen atoms in total. The molecule has 16 heavy (non-hydrogen) atoms. The first kappa shape index (κ1) is 12.9. The molecule has 0 heterocycles. The van der Waals surface area contributed by atoms with Crippen molar-refractivity contribution in [3.8, 4) is 5.75 Å². The van der Waals surface area contributed by atoms with Crippen molar-refractivity contribution >= 4 is 17.4 Å². The number of ether oxygens (including phenoxy) is 1. The summed E-state index contributed by atoms with van der Waals surface area (Å²) in [6.45, 7) is 1.87. The van der Waals surface area contributed by atoms with E-state index in [1.165, 1.54) is 13.2 Å². The molecule has 0 fully saturated rings. The third kappa shape index (κ3) is 2.33. The molecule has 0 atom stereocenters. The van der Waals surface area contributed by atoms with Crippen LogP contribution in [-0.4, -0.2) is 19.4 Å². The molecule has 0 aliphatic carbocycles. The van der Waals surface area contributed by atoms with E-state index in [1.54, 1.807) is 6.92 Å². The lowest BCUT2D eigenvalue weighted by Gasteiger charge is -2.10. The van der Waals surface area contributed by atoms with E-state index in [4.69, 9.17) is 22.1 Å². The molecule has 1 aromatic rings. The molecule has 0 aromatic heterocycles. The van der Waals surface area contributed by atoms with Crippen molar-refractivity contribution in [2.75, 3.05) is 13.7 Å². The fourth-order valence-corrected chi connectivity index (χ4v) is 1.60. The Hall–Kier alpha value is -1.13. The van der Waals surface area contributed by atoms with Crippen LogP contribution in [0.5, 0.6) is 5.75 Å². The maximum absolute atomic E-state index is 13.8. The van der Waals surface area contributed by atoms with Crippen LogP contribution in [0.2, 0.25) is 5.02 Å². The predicted octanol–water partition coefficient (Wildman–Crippen LogP) is 2.33. The van der Waals surface area contributed by atoms with Gasteiger partial charge in [0.05, 0.1) is 17.7 Å². The summed E-state index contributed by atoms with van der Waals surface area (Å²) in [6.07, 6.45) is 0.0984. The van der Waals surface area contributed by atoms with Gasteiger partial charge in [0, 0.05) is 6.42 Å². The van der Waals surface area contributed by atoms with E-state index in [2.05, 4.69) is 0 Å². The molecule has 0 radical (unpaired) electrons. The summed E-state index contributed by atoms with van der Waals surface area (Å²) in [6, 6.07) is 1.41. The van der Waals surface area contributed by atoms with E-state index in [-0.39, 0.29) is 35.1 Å². The number of hydrogen-bond donors (Lipinski definition) is 1. The number of Topliss-reactive ketones (excluding diaryl/α,β-unsaturated/α-hetero) is 1. The minimum absolute atomic E-state index is 0.0239. The van der Waals surface area contributed by atoms with Crippen molar-refractivity contribution in [3.63, 3.8) is 0 Å². The average Bonchev–Trinajstić information content (AvgIpc) is 2.24. The number of rotatable bonds is 4. The maximum Gasteiger partial charge on any atom is 0.177 e. The Labute approximate surface area is 98.3 Å². The fraction of sp³-hybridized carbons (Fsp3) is 0.364. The summed E-state index contributed by atoms with van der Waals surface area (Å²) in [7, 11) is 1.31. The van der Waals surface area contributed by atoms with Gasteiger partial charge in [-0.15, -0.1) is 0 Å². The number of benzene rings is 1. The van der Waals surface area contributed by atoms with E-state index >= 15 is 0 Å². The van der Waals surface area contributed by atoms with Gasteiger partial charge in [-0.2, -0.15) is 0 Å². The zero-order chi connectivity index (χ0) is 12.3. The van der Waals surface area contributed by atoms with Crippen LogP contribution < -0.4 is 10.5 Å². The quantitative estimate of drug-likeness (QED) is 0.829. The number of carbonyl (C=O) groups is 1. The Kier molecular flexibility index (Phi) is 4.26. The molecule has 0 spiro atoms. The molecule has 88 valence electrons. The van der Waals surface area contributed by atoms with Crippen LogP contribution in [0.4, 0.5) is 4.39 Å². The van der Waals surface area contributed by atoms with Crippen LogP contribution in [-0.2, 0) is 0 Å². The predicted molar refractivity (Wildman–Crippen MR) is 60.7 cm³/mol. The largest absolute Gasteiger partial charge is 0.492 e. The second kappa shape index (κ2) is 5.27. The highest BCUT2D eigenvalue weighted by atomic mass is 35.5. The molecule has 1 aromatic carbocycles. The average molecular weight is 246 g/mol. The summed E-state index contributed by atoms with van der Waals surface area (Å²) >= 11 is 5.85. The molecule has 0 bridgehead atoms. The Morgan fingerprint density at radius 1 is 1.62 bits per heavy atom. The number of nitrogens with two attached hydrogens (primary N) is 1. The number of aryl methyl sites for hydroxylation is 1. The van der Waals surface area contributed by atoms with Gasteiger partial charge in [0.1, 0.15) is 0 Å². The van der Waals surface area contributed by atoms with Crippen LogP contribution in [0.3, 0.4) is 0 Å². The van der Waals surface area contributed by atoms with Gasteiger partial charge in [0.2, 0.25) is 0 Å². The highest BCUT2D eigenvalue weighted by Gasteiger charge is 2.19.